The third-order valence-electron chi connectivity index (χ3n) is 5.48. The predicted octanol–water partition coefficient (Wildman–Crippen LogP) is 5.61. The van der Waals surface area contributed by atoms with Crippen molar-refractivity contribution >= 4 is 23.3 Å². The van der Waals surface area contributed by atoms with Crippen LogP contribution >= 0.6 is 0 Å². The van der Waals surface area contributed by atoms with Gasteiger partial charge in [-0.3, -0.25) is 5.01 Å². The Morgan fingerprint density at radius 3 is 2.31 bits per heavy atom. The number of para-hydroxylation sites is 4. The van der Waals surface area contributed by atoms with E-state index in [-0.39, 0.29) is 5.41 Å². The molecule has 1 aliphatic rings. The smallest absolute Gasteiger partial charge is 0.212 e. The molecule has 1 aliphatic heterocycles. The molecule has 0 bridgehead atoms. The first-order chi connectivity index (χ1) is 14.0. The number of fused-ring (bicyclic) bond motifs is 1. The summed E-state index contributed by atoms with van der Waals surface area (Å²) >= 11 is 0. The lowest BCUT2D eigenvalue weighted by Gasteiger charge is -2.18. The molecule has 0 radical (unpaired) electrons. The highest BCUT2D eigenvalue weighted by atomic mass is 16.5. The molecule has 0 unspecified atom stereocenters. The molecular formula is C25H26N3O+. The number of nitrogens with zero attached hydrogens (tertiary/aromatic N) is 3. The minimum atomic E-state index is -0.101. The number of hydrazone groups is 1. The summed E-state index contributed by atoms with van der Waals surface area (Å²) in [5.41, 5.74) is 4.51. The lowest BCUT2D eigenvalue weighted by molar-refractivity contribution is -0.400. The van der Waals surface area contributed by atoms with Crippen molar-refractivity contribution in [1.82, 2.24) is 0 Å². The monoisotopic (exact) mass is 384 g/mol. The molecular weight excluding hydrogens is 358 g/mol. The van der Waals surface area contributed by atoms with E-state index in [0.717, 1.165) is 22.9 Å². The third-order valence-corrected chi connectivity index (χ3v) is 5.48. The molecule has 0 aliphatic carbocycles. The van der Waals surface area contributed by atoms with Crippen molar-refractivity contribution in [3.05, 3.63) is 84.4 Å². The maximum Gasteiger partial charge on any atom is 0.212 e. The highest BCUT2D eigenvalue weighted by Crippen LogP contribution is 2.38. The molecule has 4 nitrogen and oxygen atoms in total. The summed E-state index contributed by atoms with van der Waals surface area (Å²) in [5.74, 6) is 1.57. The third kappa shape index (κ3) is 3.54. The van der Waals surface area contributed by atoms with E-state index in [2.05, 4.69) is 49.7 Å². The topological polar surface area (TPSA) is 27.8 Å². The largest absolute Gasteiger partial charge is 0.455 e. The second kappa shape index (κ2) is 7.55. The van der Waals surface area contributed by atoms with Crippen molar-refractivity contribution in [2.24, 2.45) is 5.10 Å². The van der Waals surface area contributed by atoms with E-state index in [1.165, 1.54) is 11.3 Å². The Kier molecular flexibility index (Phi) is 4.93. The first kappa shape index (κ1) is 18.9. The maximum absolute atomic E-state index is 6.08. The number of benzene rings is 3. The van der Waals surface area contributed by atoms with E-state index < -0.39 is 0 Å². The number of hydrogen-bond acceptors (Lipinski definition) is 3. The van der Waals surface area contributed by atoms with Gasteiger partial charge in [-0.05, 0) is 38.1 Å². The summed E-state index contributed by atoms with van der Waals surface area (Å²) in [7, 11) is 4.04. The van der Waals surface area contributed by atoms with Gasteiger partial charge in [-0.2, -0.15) is 9.68 Å². The van der Waals surface area contributed by atoms with Gasteiger partial charge in [-0.15, -0.1) is 0 Å². The van der Waals surface area contributed by atoms with Crippen LogP contribution in [0.25, 0.3) is 0 Å². The fourth-order valence-corrected chi connectivity index (χ4v) is 3.86. The maximum atomic E-state index is 6.08. The molecule has 4 rings (SSSR count). The van der Waals surface area contributed by atoms with Gasteiger partial charge in [0.25, 0.3) is 0 Å². The Morgan fingerprint density at radius 1 is 0.897 bits per heavy atom. The standard InChI is InChI=1S/C25H26N3O/c1-25(2)20-14-8-9-15-21(20)27(3)24(25)18-26-28(4)22-16-10-11-17-23(22)29-19-12-6-5-7-13-19/h5-18H,1-4H3/q+1. The van der Waals surface area contributed by atoms with Crippen LogP contribution in [-0.2, 0) is 5.41 Å². The van der Waals surface area contributed by atoms with Crippen molar-refractivity contribution in [2.45, 2.75) is 19.3 Å². The molecule has 0 saturated carbocycles. The van der Waals surface area contributed by atoms with E-state index in [0.29, 0.717) is 0 Å². The Hall–Kier alpha value is -3.40. The second-order valence-electron chi connectivity index (χ2n) is 7.74. The van der Waals surface area contributed by atoms with Crippen LogP contribution in [0.1, 0.15) is 19.4 Å². The Bertz CT molecular complexity index is 1080. The zero-order chi connectivity index (χ0) is 20.4. The molecule has 29 heavy (non-hydrogen) atoms. The van der Waals surface area contributed by atoms with Crippen LogP contribution in [-0.4, -0.2) is 30.6 Å². The molecule has 3 aromatic carbocycles. The molecule has 0 N–H and O–H groups in total. The highest BCUT2D eigenvalue weighted by Gasteiger charge is 2.43. The molecule has 1 heterocycles. The van der Waals surface area contributed by atoms with Gasteiger partial charge >= 0.3 is 0 Å². The number of anilines is 1. The van der Waals surface area contributed by atoms with Crippen molar-refractivity contribution in [3.8, 4) is 11.5 Å². The molecule has 0 spiro atoms. The summed E-state index contributed by atoms with van der Waals surface area (Å²) in [6.07, 6.45) is 1.96. The highest BCUT2D eigenvalue weighted by molar-refractivity contribution is 6.33. The normalized spacial score (nSPS) is 14.9. The molecule has 4 heteroatoms. The van der Waals surface area contributed by atoms with Crippen molar-refractivity contribution < 1.29 is 9.31 Å². The van der Waals surface area contributed by atoms with E-state index in [9.17, 15) is 0 Å². The van der Waals surface area contributed by atoms with Gasteiger partial charge in [-0.25, -0.2) is 0 Å². The van der Waals surface area contributed by atoms with Crippen LogP contribution < -0.4 is 9.75 Å². The van der Waals surface area contributed by atoms with E-state index >= 15 is 0 Å². The number of hydrogen-bond donors (Lipinski definition) is 0. The molecule has 0 aromatic heterocycles. The number of rotatable bonds is 5. The summed E-state index contributed by atoms with van der Waals surface area (Å²) in [4.78, 5) is 0. The average molecular weight is 385 g/mol. The fraction of sp³-hybridized carbons (Fsp3) is 0.200. The molecule has 0 fully saturated rings. The minimum Gasteiger partial charge on any atom is -0.455 e. The molecule has 0 atom stereocenters. The first-order valence-corrected chi connectivity index (χ1v) is 9.79. The van der Waals surface area contributed by atoms with Gasteiger partial charge < -0.3 is 4.74 Å². The van der Waals surface area contributed by atoms with Gasteiger partial charge in [0.1, 0.15) is 24.7 Å². The van der Waals surface area contributed by atoms with E-state index in [1.54, 1.807) is 0 Å². The molecule has 0 amide bonds. The summed E-state index contributed by atoms with van der Waals surface area (Å²) in [6.45, 7) is 4.48. The minimum absolute atomic E-state index is 0.101. The van der Waals surface area contributed by atoms with Crippen LogP contribution in [0.4, 0.5) is 11.4 Å². The molecule has 0 saturated heterocycles. The fourth-order valence-electron chi connectivity index (χ4n) is 3.86. The summed E-state index contributed by atoms with van der Waals surface area (Å²) in [5, 5.41) is 6.62. The summed E-state index contributed by atoms with van der Waals surface area (Å²) < 4.78 is 8.30. The number of ether oxygens (including phenoxy) is 1. The Labute approximate surface area is 172 Å². The van der Waals surface area contributed by atoms with Crippen LogP contribution in [0.15, 0.2) is 84.0 Å². The van der Waals surface area contributed by atoms with E-state index in [4.69, 9.17) is 9.84 Å². The Morgan fingerprint density at radius 2 is 1.55 bits per heavy atom. The van der Waals surface area contributed by atoms with Crippen molar-refractivity contribution in [1.29, 1.82) is 0 Å². The lowest BCUT2D eigenvalue weighted by Crippen LogP contribution is -2.30. The lowest BCUT2D eigenvalue weighted by atomic mass is 9.82. The first-order valence-electron chi connectivity index (χ1n) is 9.79. The Balaban J connectivity index is 1.62. The van der Waals surface area contributed by atoms with E-state index in [1.807, 2.05) is 72.9 Å². The van der Waals surface area contributed by atoms with Crippen LogP contribution in [0.5, 0.6) is 11.5 Å². The SMILES string of the molecule is CN(/N=C/C1=[N+](C)c2ccccc2C1(C)C)c1ccccc1Oc1ccccc1. The molecule has 3 aromatic rings. The zero-order valence-electron chi connectivity index (χ0n) is 17.3. The zero-order valence-corrected chi connectivity index (χ0v) is 17.3. The van der Waals surface area contributed by atoms with Gasteiger partial charge in [0.05, 0.1) is 5.41 Å². The van der Waals surface area contributed by atoms with Gasteiger partial charge in [0.15, 0.2) is 5.75 Å². The van der Waals surface area contributed by atoms with Crippen LogP contribution in [0, 0.1) is 0 Å². The molecule has 146 valence electrons. The van der Waals surface area contributed by atoms with Gasteiger partial charge in [-0.1, -0.05) is 48.5 Å². The quantitative estimate of drug-likeness (QED) is 0.325. The van der Waals surface area contributed by atoms with Gasteiger partial charge in [0, 0.05) is 18.7 Å². The second-order valence-corrected chi connectivity index (χ2v) is 7.74. The van der Waals surface area contributed by atoms with Crippen molar-refractivity contribution in [2.75, 3.05) is 19.1 Å². The van der Waals surface area contributed by atoms with Crippen LogP contribution in [0.2, 0.25) is 0 Å². The average Bonchev–Trinajstić information content (AvgIpc) is 2.93. The van der Waals surface area contributed by atoms with Gasteiger partial charge in [0.2, 0.25) is 11.4 Å². The van der Waals surface area contributed by atoms with Crippen LogP contribution in [0.3, 0.4) is 0 Å². The summed E-state index contributed by atoms with van der Waals surface area (Å²) in [6, 6.07) is 26.3. The predicted molar refractivity (Wildman–Crippen MR) is 120 cm³/mol. The van der Waals surface area contributed by atoms with Crippen molar-refractivity contribution in [3.63, 3.8) is 0 Å².